The van der Waals surface area contributed by atoms with E-state index in [-0.39, 0.29) is 12.1 Å². The highest BCUT2D eigenvalue weighted by atomic mass is 32.1. The van der Waals surface area contributed by atoms with Crippen molar-refractivity contribution in [2.45, 2.75) is 31.7 Å². The second kappa shape index (κ2) is 8.89. The molecule has 1 aliphatic rings. The third-order valence-corrected chi connectivity index (χ3v) is 6.73. The predicted octanol–water partition coefficient (Wildman–Crippen LogP) is 2.71. The Balaban J connectivity index is 1.53. The number of aliphatic hydroxyl groups is 1. The van der Waals surface area contributed by atoms with E-state index in [2.05, 4.69) is 37.4 Å². The lowest BCUT2D eigenvalue weighted by Gasteiger charge is -2.45. The molecule has 0 aliphatic carbocycles. The summed E-state index contributed by atoms with van der Waals surface area (Å²) in [5, 5.41) is 17.9. The second-order valence-electron chi connectivity index (χ2n) is 7.71. The number of nitrogens with zero attached hydrogens (tertiary/aromatic N) is 5. The Hall–Kier alpha value is -2.20. The molecule has 3 heterocycles. The average molecular weight is 434 g/mol. The lowest BCUT2D eigenvalue weighted by atomic mass is 9.85. The van der Waals surface area contributed by atoms with Crippen LogP contribution >= 0.6 is 11.3 Å². The van der Waals surface area contributed by atoms with Gasteiger partial charge in [0.1, 0.15) is 29.9 Å². The van der Waals surface area contributed by atoms with Gasteiger partial charge in [-0.2, -0.15) is 5.10 Å². The van der Waals surface area contributed by atoms with Gasteiger partial charge in [-0.15, -0.1) is 11.3 Å². The van der Waals surface area contributed by atoms with Gasteiger partial charge in [0.2, 0.25) is 0 Å². The van der Waals surface area contributed by atoms with E-state index < -0.39 is 23.3 Å². The molecule has 9 heteroatoms. The van der Waals surface area contributed by atoms with E-state index in [1.54, 1.807) is 11.3 Å². The number of halogens is 2. The molecule has 0 amide bonds. The van der Waals surface area contributed by atoms with E-state index in [9.17, 15) is 13.9 Å². The molecule has 0 radical (unpaired) electrons. The largest absolute Gasteiger partial charge is 0.381 e. The summed E-state index contributed by atoms with van der Waals surface area (Å²) in [6.45, 7) is 6.02. The van der Waals surface area contributed by atoms with Crippen LogP contribution in [0, 0.1) is 11.6 Å². The molecule has 30 heavy (non-hydrogen) atoms. The molecule has 2 unspecified atom stereocenters. The summed E-state index contributed by atoms with van der Waals surface area (Å²) in [6.07, 6.45) is 2.85. The van der Waals surface area contributed by atoms with Crippen molar-refractivity contribution in [1.82, 2.24) is 24.6 Å². The normalized spacial score (nSPS) is 18.9. The van der Waals surface area contributed by atoms with Crippen LogP contribution in [-0.4, -0.2) is 61.9 Å². The first-order valence-electron chi connectivity index (χ1n) is 9.95. The Bertz CT molecular complexity index is 944. The summed E-state index contributed by atoms with van der Waals surface area (Å²) in [7, 11) is 0. The van der Waals surface area contributed by atoms with Gasteiger partial charge in [-0.1, -0.05) is 12.1 Å². The third kappa shape index (κ3) is 4.44. The summed E-state index contributed by atoms with van der Waals surface area (Å²) in [6, 6.07) is 7.09. The molecule has 1 aromatic carbocycles. The highest BCUT2D eigenvalue weighted by Gasteiger charge is 2.42. The first-order valence-corrected chi connectivity index (χ1v) is 10.8. The molecule has 6 nitrogen and oxygen atoms in total. The van der Waals surface area contributed by atoms with Crippen molar-refractivity contribution in [2.75, 3.05) is 26.2 Å². The Morgan fingerprint density at radius 2 is 2.00 bits per heavy atom. The summed E-state index contributed by atoms with van der Waals surface area (Å²) in [4.78, 5) is 9.78. The fraction of sp³-hybridized carbons (Fsp3) is 0.429. The fourth-order valence-electron chi connectivity index (χ4n) is 4.08. The zero-order chi connectivity index (χ0) is 21.1. The SMILES string of the molecule is CC(N1CCN(Cc2cccs2)CC1)C(O)(Cn1cncn1)c1ccc(F)cc1F. The number of hydrogen-bond acceptors (Lipinski definition) is 6. The minimum absolute atomic E-state index is 0.0200. The second-order valence-corrected chi connectivity index (χ2v) is 8.74. The topological polar surface area (TPSA) is 57.4 Å². The maximum Gasteiger partial charge on any atom is 0.137 e. The molecular weight excluding hydrogens is 408 g/mol. The standard InChI is InChI=1S/C21H25F2N5OS/c1-16(27-8-6-26(7-9-27)12-18-3-2-10-30-18)21(29,13-28-15-24-14-25-28)19-5-4-17(22)11-20(19)23/h2-5,10-11,14-16,29H,6-9,12-13H2,1H3. The van der Waals surface area contributed by atoms with Crippen molar-refractivity contribution in [3.8, 4) is 0 Å². The van der Waals surface area contributed by atoms with Gasteiger partial charge in [0.15, 0.2) is 0 Å². The van der Waals surface area contributed by atoms with Gasteiger partial charge in [0.05, 0.1) is 6.54 Å². The highest BCUT2D eigenvalue weighted by molar-refractivity contribution is 7.09. The van der Waals surface area contributed by atoms with Crippen LogP contribution in [0.3, 0.4) is 0 Å². The molecule has 2 aromatic heterocycles. The van der Waals surface area contributed by atoms with E-state index in [4.69, 9.17) is 0 Å². The van der Waals surface area contributed by atoms with Crippen LogP contribution in [0.2, 0.25) is 0 Å². The van der Waals surface area contributed by atoms with E-state index in [1.807, 2.05) is 6.92 Å². The van der Waals surface area contributed by atoms with Crippen molar-refractivity contribution >= 4 is 11.3 Å². The van der Waals surface area contributed by atoms with Crippen LogP contribution in [0.15, 0.2) is 48.4 Å². The van der Waals surface area contributed by atoms with Crippen LogP contribution in [0.4, 0.5) is 8.78 Å². The Labute approximate surface area is 178 Å². The first kappa shape index (κ1) is 21.0. The van der Waals surface area contributed by atoms with Gasteiger partial charge in [-0.05, 0) is 24.4 Å². The zero-order valence-electron chi connectivity index (χ0n) is 16.8. The number of piperazine rings is 1. The van der Waals surface area contributed by atoms with Gasteiger partial charge in [0, 0.05) is 55.3 Å². The van der Waals surface area contributed by atoms with Crippen LogP contribution in [0.25, 0.3) is 0 Å². The maximum atomic E-state index is 14.7. The summed E-state index contributed by atoms with van der Waals surface area (Å²) >= 11 is 1.75. The molecule has 1 N–H and O–H groups in total. The van der Waals surface area contributed by atoms with Gasteiger partial charge in [-0.25, -0.2) is 18.4 Å². The molecule has 160 valence electrons. The van der Waals surface area contributed by atoms with Crippen molar-refractivity contribution in [3.05, 3.63) is 70.4 Å². The zero-order valence-corrected chi connectivity index (χ0v) is 17.6. The molecule has 0 spiro atoms. The van der Waals surface area contributed by atoms with E-state index >= 15 is 0 Å². The number of hydrogen-bond donors (Lipinski definition) is 1. The van der Waals surface area contributed by atoms with Gasteiger partial charge < -0.3 is 5.11 Å². The molecule has 2 atom stereocenters. The number of benzene rings is 1. The Morgan fingerprint density at radius 1 is 1.20 bits per heavy atom. The number of aromatic nitrogens is 3. The Morgan fingerprint density at radius 3 is 2.63 bits per heavy atom. The number of thiophene rings is 1. The minimum atomic E-state index is -1.60. The minimum Gasteiger partial charge on any atom is -0.381 e. The van der Waals surface area contributed by atoms with Gasteiger partial charge in [0.25, 0.3) is 0 Å². The summed E-state index contributed by atoms with van der Waals surface area (Å²) in [5.41, 5.74) is -1.53. The predicted molar refractivity (Wildman–Crippen MR) is 111 cm³/mol. The van der Waals surface area contributed by atoms with Crippen LogP contribution in [0.5, 0.6) is 0 Å². The van der Waals surface area contributed by atoms with Crippen molar-refractivity contribution in [1.29, 1.82) is 0 Å². The molecule has 0 saturated carbocycles. The summed E-state index contributed by atoms with van der Waals surface area (Å²) in [5.74, 6) is -1.44. The molecule has 1 fully saturated rings. The quantitative estimate of drug-likeness (QED) is 0.621. The fourth-order valence-corrected chi connectivity index (χ4v) is 4.82. The van der Waals surface area contributed by atoms with E-state index in [1.165, 1.54) is 34.3 Å². The molecule has 3 aromatic rings. The molecular formula is C21H25F2N5OS. The molecule has 4 rings (SSSR count). The van der Waals surface area contributed by atoms with Crippen molar-refractivity contribution in [3.63, 3.8) is 0 Å². The molecule has 0 bridgehead atoms. The highest BCUT2D eigenvalue weighted by Crippen LogP contribution is 2.33. The molecule has 1 saturated heterocycles. The number of rotatable bonds is 7. The van der Waals surface area contributed by atoms with E-state index in [0.717, 1.165) is 38.8 Å². The van der Waals surface area contributed by atoms with Crippen LogP contribution in [-0.2, 0) is 18.7 Å². The smallest absolute Gasteiger partial charge is 0.137 e. The average Bonchev–Trinajstić information content (AvgIpc) is 3.42. The van der Waals surface area contributed by atoms with Crippen molar-refractivity contribution < 1.29 is 13.9 Å². The molecule has 1 aliphatic heterocycles. The Kier molecular flexibility index (Phi) is 6.24. The van der Waals surface area contributed by atoms with Crippen LogP contribution in [0.1, 0.15) is 17.4 Å². The summed E-state index contributed by atoms with van der Waals surface area (Å²) < 4.78 is 29.7. The van der Waals surface area contributed by atoms with E-state index in [0.29, 0.717) is 0 Å². The third-order valence-electron chi connectivity index (χ3n) is 5.87. The van der Waals surface area contributed by atoms with Gasteiger partial charge in [-0.3, -0.25) is 9.80 Å². The first-order chi connectivity index (χ1) is 14.5. The van der Waals surface area contributed by atoms with Crippen LogP contribution < -0.4 is 0 Å². The lowest BCUT2D eigenvalue weighted by molar-refractivity contribution is -0.0742. The van der Waals surface area contributed by atoms with Gasteiger partial charge >= 0.3 is 0 Å². The van der Waals surface area contributed by atoms with Crippen molar-refractivity contribution in [2.24, 2.45) is 0 Å². The maximum absolute atomic E-state index is 14.7. The lowest BCUT2D eigenvalue weighted by Crippen LogP contribution is -2.57. The monoisotopic (exact) mass is 433 g/mol.